The van der Waals surface area contributed by atoms with Crippen molar-refractivity contribution in [1.82, 2.24) is 19.7 Å². The Kier molecular flexibility index (Phi) is 5.66. The quantitative estimate of drug-likeness (QED) is 0.471. The van der Waals surface area contributed by atoms with Gasteiger partial charge in [-0.15, -0.1) is 0 Å². The van der Waals surface area contributed by atoms with Crippen molar-refractivity contribution < 1.29 is 9.90 Å². The van der Waals surface area contributed by atoms with Gasteiger partial charge < -0.3 is 9.67 Å². The largest absolute Gasteiger partial charge is 0.478 e. The second-order valence-electron chi connectivity index (χ2n) is 7.60. The number of aromatic nitrogens is 4. The average Bonchev–Trinajstić information content (AvgIpc) is 3.14. The number of fused-ring (bicyclic) bond motifs is 1. The van der Waals surface area contributed by atoms with Crippen LogP contribution in [0, 0.1) is 6.92 Å². The summed E-state index contributed by atoms with van der Waals surface area (Å²) < 4.78 is 1.97. The minimum Gasteiger partial charge on any atom is -0.478 e. The molecule has 0 spiro atoms. The first-order chi connectivity index (χ1) is 15.0. The molecule has 0 saturated carbocycles. The molecule has 0 amide bonds. The fourth-order valence-electron chi connectivity index (χ4n) is 3.81. The maximum Gasteiger partial charge on any atom is 0.336 e. The van der Waals surface area contributed by atoms with Crippen molar-refractivity contribution >= 4 is 17.0 Å². The molecule has 7 nitrogen and oxygen atoms in total. The van der Waals surface area contributed by atoms with Gasteiger partial charge in [0.25, 0.3) is 5.56 Å². The number of aryl methyl sites for hydroxylation is 2. The molecule has 0 radical (unpaired) electrons. The molecular weight excluding hydrogens is 392 g/mol. The van der Waals surface area contributed by atoms with Gasteiger partial charge in [0.1, 0.15) is 16.9 Å². The van der Waals surface area contributed by atoms with Crippen molar-refractivity contribution in [2.75, 3.05) is 0 Å². The predicted molar refractivity (Wildman–Crippen MR) is 119 cm³/mol. The third kappa shape index (κ3) is 3.99. The van der Waals surface area contributed by atoms with E-state index in [1.807, 2.05) is 41.8 Å². The van der Waals surface area contributed by atoms with Crippen molar-refractivity contribution in [3.63, 3.8) is 0 Å². The molecule has 2 N–H and O–H groups in total. The molecule has 158 valence electrons. The van der Waals surface area contributed by atoms with E-state index in [0.29, 0.717) is 28.8 Å². The van der Waals surface area contributed by atoms with Gasteiger partial charge in [-0.2, -0.15) is 5.10 Å². The molecule has 0 aliphatic heterocycles. The van der Waals surface area contributed by atoms with Crippen molar-refractivity contribution in [2.45, 2.75) is 39.7 Å². The molecule has 2 aromatic heterocycles. The summed E-state index contributed by atoms with van der Waals surface area (Å²) in [5, 5.41) is 16.1. The first-order valence-electron chi connectivity index (χ1n) is 10.4. The third-order valence-corrected chi connectivity index (χ3v) is 5.45. The van der Waals surface area contributed by atoms with Crippen LogP contribution < -0.4 is 5.56 Å². The number of benzene rings is 2. The topological polar surface area (TPSA) is 101 Å². The molecular formula is C24H24N4O3. The van der Waals surface area contributed by atoms with Crippen LogP contribution in [0.5, 0.6) is 0 Å². The van der Waals surface area contributed by atoms with Crippen molar-refractivity contribution in [3.05, 3.63) is 81.5 Å². The molecule has 0 aliphatic carbocycles. The summed E-state index contributed by atoms with van der Waals surface area (Å²) in [6.07, 6.45) is 2.81. The van der Waals surface area contributed by atoms with E-state index in [1.54, 1.807) is 18.2 Å². The van der Waals surface area contributed by atoms with Gasteiger partial charge in [0.15, 0.2) is 0 Å². The van der Waals surface area contributed by atoms with Crippen LogP contribution in [0.15, 0.2) is 53.3 Å². The van der Waals surface area contributed by atoms with E-state index in [0.717, 1.165) is 36.2 Å². The molecule has 0 aliphatic rings. The number of aromatic amines is 1. The highest BCUT2D eigenvalue weighted by molar-refractivity contribution is 5.96. The van der Waals surface area contributed by atoms with E-state index in [4.69, 9.17) is 4.98 Å². The number of rotatable bonds is 7. The lowest BCUT2D eigenvalue weighted by Crippen LogP contribution is -2.15. The Morgan fingerprint density at radius 2 is 1.87 bits per heavy atom. The number of aromatic carboxylic acids is 1. The van der Waals surface area contributed by atoms with Crippen LogP contribution in [-0.2, 0) is 13.0 Å². The number of carbonyl (C=O) groups is 1. The van der Waals surface area contributed by atoms with Crippen LogP contribution >= 0.6 is 0 Å². The van der Waals surface area contributed by atoms with Gasteiger partial charge in [0.2, 0.25) is 0 Å². The van der Waals surface area contributed by atoms with E-state index in [9.17, 15) is 14.7 Å². The zero-order valence-electron chi connectivity index (χ0n) is 17.6. The second-order valence-corrected chi connectivity index (χ2v) is 7.60. The van der Waals surface area contributed by atoms with Crippen LogP contribution in [0.2, 0.25) is 0 Å². The van der Waals surface area contributed by atoms with Gasteiger partial charge in [-0.1, -0.05) is 55.8 Å². The Hall–Kier alpha value is -3.74. The van der Waals surface area contributed by atoms with Gasteiger partial charge in [0, 0.05) is 13.0 Å². The number of carboxylic acids is 1. The second kappa shape index (κ2) is 8.55. The fraction of sp³-hybridized carbons (Fsp3) is 0.250. The molecule has 2 aromatic carbocycles. The Balaban J connectivity index is 1.72. The van der Waals surface area contributed by atoms with Crippen LogP contribution in [0.3, 0.4) is 0 Å². The summed E-state index contributed by atoms with van der Waals surface area (Å²) in [6.45, 7) is 4.47. The minimum absolute atomic E-state index is 0.247. The van der Waals surface area contributed by atoms with Crippen LogP contribution in [-0.4, -0.2) is 30.8 Å². The number of unbranched alkanes of at least 4 members (excludes halogenated alkanes) is 1. The average molecular weight is 416 g/mol. The smallest absolute Gasteiger partial charge is 0.336 e. The van der Waals surface area contributed by atoms with E-state index >= 15 is 0 Å². The minimum atomic E-state index is -0.951. The number of carboxylic acid groups (broad SMARTS) is 1. The Morgan fingerprint density at radius 1 is 1.13 bits per heavy atom. The number of H-pyrrole nitrogens is 1. The molecule has 7 heteroatoms. The van der Waals surface area contributed by atoms with Gasteiger partial charge in [-0.25, -0.2) is 14.9 Å². The molecule has 0 saturated heterocycles. The lowest BCUT2D eigenvalue weighted by atomic mass is 9.99. The van der Waals surface area contributed by atoms with Gasteiger partial charge >= 0.3 is 5.97 Å². The molecule has 0 bridgehead atoms. The summed E-state index contributed by atoms with van der Waals surface area (Å²) in [4.78, 5) is 28.8. The van der Waals surface area contributed by atoms with Crippen molar-refractivity contribution in [1.29, 1.82) is 0 Å². The SMILES string of the molecule is CCCCc1nc2c(C)n[nH]c(=O)c2n1Cc1ccc(-c2ccccc2C(=O)O)cc1. The van der Waals surface area contributed by atoms with E-state index < -0.39 is 5.97 Å². The van der Waals surface area contributed by atoms with Crippen LogP contribution in [0.25, 0.3) is 22.2 Å². The maximum atomic E-state index is 12.5. The zero-order valence-corrected chi connectivity index (χ0v) is 17.6. The maximum absolute atomic E-state index is 12.5. The van der Waals surface area contributed by atoms with E-state index in [1.165, 1.54) is 0 Å². The molecule has 4 aromatic rings. The van der Waals surface area contributed by atoms with Crippen LogP contribution in [0.4, 0.5) is 0 Å². The lowest BCUT2D eigenvalue weighted by Gasteiger charge is -2.11. The first-order valence-corrected chi connectivity index (χ1v) is 10.4. The summed E-state index contributed by atoms with van der Waals surface area (Å²) in [6, 6.07) is 14.7. The van der Waals surface area contributed by atoms with E-state index in [2.05, 4.69) is 17.1 Å². The van der Waals surface area contributed by atoms with Gasteiger partial charge in [0.05, 0.1) is 11.3 Å². The molecule has 31 heavy (non-hydrogen) atoms. The summed E-state index contributed by atoms with van der Waals surface area (Å²) in [5.74, 6) is -0.0768. The lowest BCUT2D eigenvalue weighted by molar-refractivity contribution is 0.0697. The normalized spacial score (nSPS) is 11.2. The summed E-state index contributed by atoms with van der Waals surface area (Å²) in [7, 11) is 0. The Labute approximate surface area is 179 Å². The molecule has 4 rings (SSSR count). The highest BCUT2D eigenvalue weighted by atomic mass is 16.4. The number of nitrogens with zero attached hydrogens (tertiary/aromatic N) is 3. The third-order valence-electron chi connectivity index (χ3n) is 5.45. The number of imidazole rings is 1. The van der Waals surface area contributed by atoms with Crippen LogP contribution in [0.1, 0.15) is 47.2 Å². The molecule has 0 unspecified atom stereocenters. The number of nitrogens with one attached hydrogen (secondary N) is 1. The Morgan fingerprint density at radius 3 is 2.58 bits per heavy atom. The zero-order chi connectivity index (χ0) is 22.0. The van der Waals surface area contributed by atoms with E-state index in [-0.39, 0.29) is 11.1 Å². The van der Waals surface area contributed by atoms with Crippen molar-refractivity contribution in [3.8, 4) is 11.1 Å². The highest BCUT2D eigenvalue weighted by Crippen LogP contribution is 2.25. The Bertz CT molecular complexity index is 1300. The molecule has 0 fully saturated rings. The van der Waals surface area contributed by atoms with Gasteiger partial charge in [-0.3, -0.25) is 4.79 Å². The standard InChI is InChI=1S/C24H24N4O3/c1-3-4-9-20-25-21-15(2)26-27-23(29)22(21)28(20)14-16-10-12-17(13-11-16)18-7-5-6-8-19(18)24(30)31/h5-8,10-13H,3-4,9,14H2,1-2H3,(H,27,29)(H,30,31). The molecule has 0 atom stereocenters. The number of hydrogen-bond donors (Lipinski definition) is 2. The monoisotopic (exact) mass is 416 g/mol. The first kappa shape index (κ1) is 20.5. The highest BCUT2D eigenvalue weighted by Gasteiger charge is 2.17. The summed E-state index contributed by atoms with van der Waals surface area (Å²) in [5.41, 5.74) is 4.42. The predicted octanol–water partition coefficient (Wildman–Crippen LogP) is 4.18. The van der Waals surface area contributed by atoms with Crippen molar-refractivity contribution in [2.24, 2.45) is 0 Å². The summed E-state index contributed by atoms with van der Waals surface area (Å²) >= 11 is 0. The van der Waals surface area contributed by atoms with Gasteiger partial charge in [-0.05, 0) is 36.1 Å². The fourth-order valence-corrected chi connectivity index (χ4v) is 3.81. The molecule has 2 heterocycles. The number of hydrogen-bond acceptors (Lipinski definition) is 4.